The van der Waals surface area contributed by atoms with Gasteiger partial charge in [-0.15, -0.1) is 0 Å². The Morgan fingerprint density at radius 1 is 1.50 bits per heavy atom. The van der Waals surface area contributed by atoms with E-state index in [0.29, 0.717) is 10.6 Å². The molecule has 1 aromatic carbocycles. The molecule has 1 rings (SSSR count). The fourth-order valence-electron chi connectivity index (χ4n) is 0.845. The summed E-state index contributed by atoms with van der Waals surface area (Å²) in [6.45, 7) is -0.322. The Kier molecular flexibility index (Phi) is 3.26. The molecule has 1 aromatic rings. The largest absolute Gasteiger partial charge is 0.392 e. The number of halogens is 2. The Balaban J connectivity index is 3.02. The standard InChI is InChI=1S/C9H8ClFO/c10-8-4-2-1-3-7(8)9(11)5-6-12/h1-5,12H,6H2/b9-5-. The summed E-state index contributed by atoms with van der Waals surface area (Å²) in [5, 5.41) is 8.78. The predicted octanol–water partition coefficient (Wildman–Crippen LogP) is 2.64. The van der Waals surface area contributed by atoms with Crippen LogP contribution in [0.15, 0.2) is 30.3 Å². The van der Waals surface area contributed by atoms with Gasteiger partial charge in [-0.05, 0) is 12.1 Å². The molecule has 0 aromatic heterocycles. The minimum absolute atomic E-state index is 0.313. The van der Waals surface area contributed by atoms with E-state index in [0.717, 1.165) is 6.08 Å². The van der Waals surface area contributed by atoms with Crippen LogP contribution in [0, 0.1) is 0 Å². The van der Waals surface area contributed by atoms with Crippen molar-refractivity contribution >= 4 is 17.4 Å². The Bertz CT molecular complexity index is 296. The smallest absolute Gasteiger partial charge is 0.130 e. The van der Waals surface area contributed by atoms with Crippen molar-refractivity contribution in [3.63, 3.8) is 0 Å². The van der Waals surface area contributed by atoms with E-state index in [-0.39, 0.29) is 6.61 Å². The molecule has 0 spiro atoms. The zero-order valence-corrected chi connectivity index (χ0v) is 7.05. The molecule has 0 fully saturated rings. The van der Waals surface area contributed by atoms with Gasteiger partial charge < -0.3 is 5.11 Å². The first-order valence-electron chi connectivity index (χ1n) is 3.47. The summed E-state index contributed by atoms with van der Waals surface area (Å²) >= 11 is 5.69. The number of aliphatic hydroxyl groups excluding tert-OH is 1. The van der Waals surface area contributed by atoms with Gasteiger partial charge in [-0.2, -0.15) is 0 Å². The normalized spacial score (nSPS) is 11.8. The Morgan fingerprint density at radius 2 is 2.17 bits per heavy atom. The van der Waals surface area contributed by atoms with Crippen LogP contribution >= 0.6 is 11.6 Å². The molecule has 0 aliphatic heterocycles. The Labute approximate surface area is 75.1 Å². The molecule has 0 amide bonds. The summed E-state index contributed by atoms with van der Waals surface area (Å²) in [5.41, 5.74) is 0.313. The number of hydrogen-bond donors (Lipinski definition) is 1. The molecule has 3 heteroatoms. The van der Waals surface area contributed by atoms with Crippen molar-refractivity contribution in [1.29, 1.82) is 0 Å². The first-order valence-corrected chi connectivity index (χ1v) is 3.85. The van der Waals surface area contributed by atoms with Crippen molar-refractivity contribution < 1.29 is 9.50 Å². The van der Waals surface area contributed by atoms with Crippen LogP contribution in [0.3, 0.4) is 0 Å². The van der Waals surface area contributed by atoms with Gasteiger partial charge in [-0.3, -0.25) is 0 Å². The second-order valence-corrected chi connectivity index (χ2v) is 2.62. The number of hydrogen-bond acceptors (Lipinski definition) is 1. The van der Waals surface area contributed by atoms with Gasteiger partial charge in [-0.1, -0.05) is 29.8 Å². The molecule has 0 heterocycles. The molecule has 1 nitrogen and oxygen atoms in total. The molecule has 0 bridgehead atoms. The maximum absolute atomic E-state index is 13.0. The van der Waals surface area contributed by atoms with Crippen molar-refractivity contribution in [2.75, 3.05) is 6.61 Å². The predicted molar refractivity (Wildman–Crippen MR) is 47.6 cm³/mol. The lowest BCUT2D eigenvalue weighted by atomic mass is 10.2. The monoisotopic (exact) mass is 186 g/mol. The van der Waals surface area contributed by atoms with Crippen molar-refractivity contribution in [2.45, 2.75) is 0 Å². The van der Waals surface area contributed by atoms with E-state index >= 15 is 0 Å². The third kappa shape index (κ3) is 2.06. The zero-order valence-electron chi connectivity index (χ0n) is 6.30. The van der Waals surface area contributed by atoms with Crippen LogP contribution < -0.4 is 0 Å². The lowest BCUT2D eigenvalue weighted by Crippen LogP contribution is -1.81. The Hall–Kier alpha value is -0.860. The van der Waals surface area contributed by atoms with Crippen molar-refractivity contribution in [3.8, 4) is 0 Å². The van der Waals surface area contributed by atoms with E-state index in [2.05, 4.69) is 0 Å². The Morgan fingerprint density at radius 3 is 2.75 bits per heavy atom. The highest BCUT2D eigenvalue weighted by Crippen LogP contribution is 2.23. The molecule has 0 atom stereocenters. The fourth-order valence-corrected chi connectivity index (χ4v) is 1.07. The molecule has 0 saturated heterocycles. The van der Waals surface area contributed by atoms with Crippen LogP contribution in [-0.2, 0) is 0 Å². The van der Waals surface area contributed by atoms with E-state index in [9.17, 15) is 4.39 Å². The molecule has 0 unspecified atom stereocenters. The molecule has 12 heavy (non-hydrogen) atoms. The quantitative estimate of drug-likeness (QED) is 0.753. The van der Waals surface area contributed by atoms with Crippen LogP contribution in [0.5, 0.6) is 0 Å². The molecular formula is C9H8ClFO. The zero-order chi connectivity index (χ0) is 8.97. The lowest BCUT2D eigenvalue weighted by Gasteiger charge is -1.99. The van der Waals surface area contributed by atoms with Gasteiger partial charge in [0.25, 0.3) is 0 Å². The van der Waals surface area contributed by atoms with Crippen LogP contribution in [-0.4, -0.2) is 11.7 Å². The number of rotatable bonds is 2. The third-order valence-corrected chi connectivity index (χ3v) is 1.73. The molecule has 64 valence electrons. The van der Waals surface area contributed by atoms with E-state index in [1.807, 2.05) is 0 Å². The van der Waals surface area contributed by atoms with Gasteiger partial charge >= 0.3 is 0 Å². The average molecular weight is 187 g/mol. The van der Waals surface area contributed by atoms with E-state index in [1.54, 1.807) is 24.3 Å². The van der Waals surface area contributed by atoms with E-state index < -0.39 is 5.83 Å². The van der Waals surface area contributed by atoms with Crippen molar-refractivity contribution in [3.05, 3.63) is 40.9 Å². The SMILES string of the molecule is OC/C=C(\F)c1ccccc1Cl. The van der Waals surface area contributed by atoms with Crippen molar-refractivity contribution in [2.24, 2.45) is 0 Å². The summed E-state index contributed by atoms with van der Waals surface area (Å²) in [6, 6.07) is 6.57. The minimum Gasteiger partial charge on any atom is -0.392 e. The first-order chi connectivity index (χ1) is 5.75. The van der Waals surface area contributed by atoms with Gasteiger partial charge in [0.05, 0.1) is 11.6 Å². The fraction of sp³-hybridized carbons (Fsp3) is 0.111. The highest BCUT2D eigenvalue weighted by molar-refractivity contribution is 6.32. The van der Waals surface area contributed by atoms with E-state index in [4.69, 9.17) is 16.7 Å². The second-order valence-electron chi connectivity index (χ2n) is 2.21. The summed E-state index contributed by atoms with van der Waals surface area (Å²) in [6.07, 6.45) is 1.07. The average Bonchev–Trinajstić information content (AvgIpc) is 2.05. The van der Waals surface area contributed by atoms with Crippen LogP contribution in [0.1, 0.15) is 5.56 Å². The molecule has 1 N–H and O–H groups in total. The second kappa shape index (κ2) is 4.24. The highest BCUT2D eigenvalue weighted by Gasteiger charge is 2.02. The molecule has 0 aliphatic rings. The van der Waals surface area contributed by atoms with Gasteiger partial charge in [-0.25, -0.2) is 4.39 Å². The molecular weight excluding hydrogens is 179 g/mol. The summed E-state index contributed by atoms with van der Waals surface area (Å²) in [5.74, 6) is -0.497. The van der Waals surface area contributed by atoms with Crippen LogP contribution in [0.25, 0.3) is 5.83 Å². The first kappa shape index (κ1) is 9.23. The molecule has 0 aliphatic carbocycles. The molecule has 0 saturated carbocycles. The van der Waals surface area contributed by atoms with Gasteiger partial charge in [0.2, 0.25) is 0 Å². The lowest BCUT2D eigenvalue weighted by molar-refractivity contribution is 0.342. The maximum Gasteiger partial charge on any atom is 0.130 e. The highest BCUT2D eigenvalue weighted by atomic mass is 35.5. The summed E-state index contributed by atoms with van der Waals surface area (Å²) < 4.78 is 13.0. The number of benzene rings is 1. The van der Waals surface area contributed by atoms with Gasteiger partial charge in [0, 0.05) is 5.56 Å². The topological polar surface area (TPSA) is 20.2 Å². The number of aliphatic hydroxyl groups is 1. The summed E-state index contributed by atoms with van der Waals surface area (Å²) in [4.78, 5) is 0. The van der Waals surface area contributed by atoms with Crippen LogP contribution in [0.4, 0.5) is 4.39 Å². The maximum atomic E-state index is 13.0. The summed E-state index contributed by atoms with van der Waals surface area (Å²) in [7, 11) is 0. The van der Waals surface area contributed by atoms with E-state index in [1.165, 1.54) is 0 Å². The third-order valence-electron chi connectivity index (χ3n) is 1.40. The van der Waals surface area contributed by atoms with Gasteiger partial charge in [0.15, 0.2) is 0 Å². The van der Waals surface area contributed by atoms with Gasteiger partial charge in [0.1, 0.15) is 5.83 Å². The minimum atomic E-state index is -0.497. The molecule has 0 radical (unpaired) electrons. The van der Waals surface area contributed by atoms with Crippen molar-refractivity contribution in [1.82, 2.24) is 0 Å². The van der Waals surface area contributed by atoms with Crippen LogP contribution in [0.2, 0.25) is 5.02 Å².